The number of amides is 1. The summed E-state index contributed by atoms with van der Waals surface area (Å²) in [5.41, 5.74) is -0.228. The van der Waals surface area contributed by atoms with Gasteiger partial charge in [-0.25, -0.2) is 4.79 Å². The first kappa shape index (κ1) is 12.0. The summed E-state index contributed by atoms with van der Waals surface area (Å²) < 4.78 is 5.45. The Labute approximate surface area is 110 Å². The van der Waals surface area contributed by atoms with E-state index in [9.17, 15) is 14.7 Å². The van der Waals surface area contributed by atoms with Gasteiger partial charge in [0.25, 0.3) is 0 Å². The maximum absolute atomic E-state index is 12.3. The maximum atomic E-state index is 12.3. The Morgan fingerprint density at radius 2 is 2.05 bits per heavy atom. The Morgan fingerprint density at radius 1 is 1.32 bits per heavy atom. The number of benzene rings is 1. The SMILES string of the molecule is O=C(NC1(C(=O)O)CCC1)[C@@H]1COc2ccccc21. The monoisotopic (exact) mass is 261 g/mol. The normalized spacial score (nSPS) is 22.8. The first-order chi connectivity index (χ1) is 9.12. The largest absolute Gasteiger partial charge is 0.492 e. The van der Waals surface area contributed by atoms with Gasteiger partial charge in [-0.15, -0.1) is 0 Å². The van der Waals surface area contributed by atoms with Crippen molar-refractivity contribution >= 4 is 11.9 Å². The van der Waals surface area contributed by atoms with Crippen LogP contribution in [0.15, 0.2) is 24.3 Å². The first-order valence-electron chi connectivity index (χ1n) is 6.39. The van der Waals surface area contributed by atoms with Crippen LogP contribution in [0.4, 0.5) is 0 Å². The van der Waals surface area contributed by atoms with Crippen LogP contribution in [0.2, 0.25) is 0 Å². The van der Waals surface area contributed by atoms with Crippen molar-refractivity contribution in [2.75, 3.05) is 6.61 Å². The third kappa shape index (κ3) is 1.85. The molecular formula is C14H15NO4. The molecule has 19 heavy (non-hydrogen) atoms. The molecule has 0 aromatic heterocycles. The number of hydrogen-bond acceptors (Lipinski definition) is 3. The van der Waals surface area contributed by atoms with Crippen LogP contribution < -0.4 is 10.1 Å². The highest BCUT2D eigenvalue weighted by atomic mass is 16.5. The number of rotatable bonds is 3. The van der Waals surface area contributed by atoms with Crippen LogP contribution in [0.5, 0.6) is 5.75 Å². The first-order valence-corrected chi connectivity index (χ1v) is 6.39. The number of aliphatic carboxylic acids is 1. The van der Waals surface area contributed by atoms with E-state index < -0.39 is 17.4 Å². The molecule has 1 heterocycles. The van der Waals surface area contributed by atoms with Crippen molar-refractivity contribution in [1.29, 1.82) is 0 Å². The van der Waals surface area contributed by atoms with Gasteiger partial charge in [0.1, 0.15) is 23.8 Å². The fraction of sp³-hybridized carbons (Fsp3) is 0.429. The lowest BCUT2D eigenvalue weighted by Crippen LogP contribution is -2.60. The molecule has 2 N–H and O–H groups in total. The maximum Gasteiger partial charge on any atom is 0.329 e. The molecule has 0 bridgehead atoms. The lowest BCUT2D eigenvalue weighted by atomic mass is 9.76. The van der Waals surface area contributed by atoms with Gasteiger partial charge in [-0.05, 0) is 25.3 Å². The lowest BCUT2D eigenvalue weighted by molar-refractivity contribution is -0.152. The summed E-state index contributed by atoms with van der Waals surface area (Å²) in [6.07, 6.45) is 1.84. The van der Waals surface area contributed by atoms with Gasteiger partial charge < -0.3 is 15.2 Å². The number of para-hydroxylation sites is 1. The van der Waals surface area contributed by atoms with E-state index in [2.05, 4.69) is 5.32 Å². The standard InChI is InChI=1S/C14H15NO4/c16-12(15-14(13(17)18)6-3-7-14)10-8-19-11-5-2-1-4-9(10)11/h1-2,4-5,10H,3,6-8H2,(H,15,16)(H,17,18)/t10-/m1/s1. The molecule has 0 saturated heterocycles. The molecule has 0 spiro atoms. The quantitative estimate of drug-likeness (QED) is 0.859. The van der Waals surface area contributed by atoms with Crippen LogP contribution >= 0.6 is 0 Å². The molecule has 5 heteroatoms. The molecule has 1 aromatic rings. The number of carbonyl (C=O) groups excluding carboxylic acids is 1. The van der Waals surface area contributed by atoms with Crippen molar-refractivity contribution in [3.63, 3.8) is 0 Å². The average Bonchev–Trinajstić information content (AvgIpc) is 2.77. The molecule has 0 radical (unpaired) electrons. The van der Waals surface area contributed by atoms with Gasteiger partial charge in [0.15, 0.2) is 0 Å². The number of carboxylic acids is 1. The Balaban J connectivity index is 1.77. The van der Waals surface area contributed by atoms with Crippen molar-refractivity contribution in [2.24, 2.45) is 0 Å². The zero-order chi connectivity index (χ0) is 13.5. The number of carbonyl (C=O) groups is 2. The van der Waals surface area contributed by atoms with Gasteiger partial charge in [0.05, 0.1) is 0 Å². The predicted molar refractivity (Wildman–Crippen MR) is 67.0 cm³/mol. The van der Waals surface area contributed by atoms with Crippen molar-refractivity contribution in [3.8, 4) is 5.75 Å². The summed E-state index contributed by atoms with van der Waals surface area (Å²) in [5, 5.41) is 11.9. The summed E-state index contributed by atoms with van der Waals surface area (Å²) in [7, 11) is 0. The smallest absolute Gasteiger partial charge is 0.329 e. The predicted octanol–water partition coefficient (Wildman–Crippen LogP) is 1.29. The van der Waals surface area contributed by atoms with E-state index in [-0.39, 0.29) is 12.5 Å². The molecule has 5 nitrogen and oxygen atoms in total. The Hall–Kier alpha value is -2.04. The summed E-state index contributed by atoms with van der Waals surface area (Å²) in [4.78, 5) is 23.5. The Bertz CT molecular complexity index is 536. The molecule has 0 unspecified atom stereocenters. The molecule has 2 aliphatic rings. The summed E-state index contributed by atoms with van der Waals surface area (Å²) in [5.74, 6) is -0.903. The molecule has 1 atom stereocenters. The Kier molecular flexibility index (Phi) is 2.69. The lowest BCUT2D eigenvalue weighted by Gasteiger charge is -2.38. The fourth-order valence-electron chi connectivity index (χ4n) is 2.63. The van der Waals surface area contributed by atoms with Gasteiger partial charge in [-0.1, -0.05) is 18.2 Å². The molecule has 100 valence electrons. The van der Waals surface area contributed by atoms with Gasteiger partial charge in [0, 0.05) is 5.56 Å². The summed E-state index contributed by atoms with van der Waals surface area (Å²) in [6, 6.07) is 7.37. The Morgan fingerprint density at radius 3 is 2.68 bits per heavy atom. The van der Waals surface area contributed by atoms with Crippen LogP contribution in [-0.4, -0.2) is 29.1 Å². The second-order valence-electron chi connectivity index (χ2n) is 5.13. The van der Waals surface area contributed by atoms with E-state index in [1.807, 2.05) is 24.3 Å². The molecule has 1 aliphatic heterocycles. The minimum absolute atomic E-state index is 0.257. The second kappa shape index (κ2) is 4.26. The van der Waals surface area contributed by atoms with Crippen LogP contribution in [0.1, 0.15) is 30.7 Å². The van der Waals surface area contributed by atoms with Gasteiger partial charge >= 0.3 is 5.97 Å². The number of carboxylic acid groups (broad SMARTS) is 1. The fourth-order valence-corrected chi connectivity index (χ4v) is 2.63. The van der Waals surface area contributed by atoms with Crippen LogP contribution in [-0.2, 0) is 9.59 Å². The van der Waals surface area contributed by atoms with Crippen LogP contribution in [0, 0.1) is 0 Å². The summed E-state index contributed by atoms with van der Waals surface area (Å²) >= 11 is 0. The van der Waals surface area contributed by atoms with Crippen molar-refractivity contribution in [3.05, 3.63) is 29.8 Å². The third-order valence-corrected chi connectivity index (χ3v) is 4.00. The van der Waals surface area contributed by atoms with E-state index >= 15 is 0 Å². The molecule has 1 saturated carbocycles. The van der Waals surface area contributed by atoms with Gasteiger partial charge in [-0.3, -0.25) is 4.79 Å². The molecule has 1 fully saturated rings. The van der Waals surface area contributed by atoms with Crippen molar-refractivity contribution in [2.45, 2.75) is 30.7 Å². The highest BCUT2D eigenvalue weighted by molar-refractivity contribution is 5.92. The zero-order valence-electron chi connectivity index (χ0n) is 10.4. The number of ether oxygens (including phenoxy) is 1. The molecule has 1 aliphatic carbocycles. The summed E-state index contributed by atoms with van der Waals surface area (Å²) in [6.45, 7) is 0.279. The van der Waals surface area contributed by atoms with Gasteiger partial charge in [0.2, 0.25) is 5.91 Å². The second-order valence-corrected chi connectivity index (χ2v) is 5.13. The topological polar surface area (TPSA) is 75.6 Å². The van der Waals surface area contributed by atoms with Crippen LogP contribution in [0.25, 0.3) is 0 Å². The van der Waals surface area contributed by atoms with E-state index in [1.54, 1.807) is 0 Å². The van der Waals surface area contributed by atoms with Crippen molar-refractivity contribution in [1.82, 2.24) is 5.32 Å². The number of nitrogens with one attached hydrogen (secondary N) is 1. The highest BCUT2D eigenvalue weighted by Gasteiger charge is 2.47. The van der Waals surface area contributed by atoms with Crippen molar-refractivity contribution < 1.29 is 19.4 Å². The van der Waals surface area contributed by atoms with E-state index in [0.29, 0.717) is 18.6 Å². The number of hydrogen-bond donors (Lipinski definition) is 2. The molecular weight excluding hydrogens is 246 g/mol. The van der Waals surface area contributed by atoms with E-state index in [4.69, 9.17) is 4.74 Å². The zero-order valence-corrected chi connectivity index (χ0v) is 10.4. The molecule has 3 rings (SSSR count). The third-order valence-electron chi connectivity index (χ3n) is 4.00. The minimum atomic E-state index is -1.06. The molecule has 1 aromatic carbocycles. The molecule has 1 amide bonds. The number of fused-ring (bicyclic) bond motifs is 1. The van der Waals surface area contributed by atoms with Crippen LogP contribution in [0.3, 0.4) is 0 Å². The van der Waals surface area contributed by atoms with Gasteiger partial charge in [-0.2, -0.15) is 0 Å². The van der Waals surface area contributed by atoms with E-state index in [0.717, 1.165) is 12.0 Å². The highest BCUT2D eigenvalue weighted by Crippen LogP contribution is 2.36. The average molecular weight is 261 g/mol. The minimum Gasteiger partial charge on any atom is -0.492 e. The van der Waals surface area contributed by atoms with E-state index in [1.165, 1.54) is 0 Å².